The summed E-state index contributed by atoms with van der Waals surface area (Å²) in [6.07, 6.45) is 1.49. The second-order valence-electron chi connectivity index (χ2n) is 6.38. The van der Waals surface area contributed by atoms with Gasteiger partial charge in [-0.1, -0.05) is 18.2 Å². The number of thiophene rings is 1. The molecule has 0 fully saturated rings. The fourth-order valence-electron chi connectivity index (χ4n) is 2.36. The van der Waals surface area contributed by atoms with Gasteiger partial charge in [-0.25, -0.2) is 14.6 Å². The molecule has 2 aromatic heterocycles. The minimum Gasteiger partial charge on any atom is -0.455 e. The lowest BCUT2D eigenvalue weighted by Crippen LogP contribution is -2.39. The minimum absolute atomic E-state index is 0.0341. The Balaban J connectivity index is 1.49. The van der Waals surface area contributed by atoms with Crippen LogP contribution in [0.3, 0.4) is 0 Å². The van der Waals surface area contributed by atoms with Crippen LogP contribution in [0, 0.1) is 0 Å². The molecule has 3 aromatic rings. The van der Waals surface area contributed by atoms with Gasteiger partial charge in [-0.15, -0.1) is 11.3 Å². The molecular formula is C20H21N3O4S. The van der Waals surface area contributed by atoms with Crippen molar-refractivity contribution in [2.75, 3.05) is 0 Å². The van der Waals surface area contributed by atoms with Crippen LogP contribution in [0.4, 0.5) is 4.79 Å². The number of nitrogens with one attached hydrogen (secondary N) is 2. The molecule has 0 saturated carbocycles. The Morgan fingerprint density at radius 2 is 2.00 bits per heavy atom. The smallest absolute Gasteiger partial charge is 0.338 e. The normalized spacial score (nSPS) is 10.7. The first-order valence-electron chi connectivity index (χ1n) is 8.80. The van der Waals surface area contributed by atoms with E-state index in [-0.39, 0.29) is 18.7 Å². The van der Waals surface area contributed by atoms with Gasteiger partial charge in [0.15, 0.2) is 0 Å². The predicted octanol–water partition coefficient (Wildman–Crippen LogP) is 3.97. The Kier molecular flexibility index (Phi) is 6.44. The summed E-state index contributed by atoms with van der Waals surface area (Å²) in [4.78, 5) is 29.0. The maximum Gasteiger partial charge on any atom is 0.338 e. The molecule has 0 aliphatic rings. The predicted molar refractivity (Wildman–Crippen MR) is 106 cm³/mol. The number of amides is 2. The lowest BCUT2D eigenvalue weighted by molar-refractivity contribution is 0.0467. The number of hydrogen-bond donors (Lipinski definition) is 2. The number of carbonyl (C=O) groups is 2. The minimum atomic E-state index is -0.447. The van der Waals surface area contributed by atoms with Gasteiger partial charge in [-0.2, -0.15) is 0 Å². The molecule has 0 unspecified atom stereocenters. The van der Waals surface area contributed by atoms with Crippen molar-refractivity contribution in [1.82, 2.24) is 15.6 Å². The Bertz CT molecular complexity index is 917. The van der Waals surface area contributed by atoms with E-state index in [4.69, 9.17) is 9.15 Å². The van der Waals surface area contributed by atoms with Crippen LogP contribution in [-0.4, -0.2) is 23.0 Å². The molecule has 0 saturated heterocycles. The summed E-state index contributed by atoms with van der Waals surface area (Å²) in [6.45, 7) is 4.19. The monoisotopic (exact) mass is 399 g/mol. The molecule has 28 heavy (non-hydrogen) atoms. The van der Waals surface area contributed by atoms with Crippen LogP contribution < -0.4 is 10.6 Å². The van der Waals surface area contributed by atoms with Gasteiger partial charge < -0.3 is 19.8 Å². The van der Waals surface area contributed by atoms with Crippen LogP contribution in [-0.2, 0) is 17.9 Å². The highest BCUT2D eigenvalue weighted by Crippen LogP contribution is 2.23. The Hall–Kier alpha value is -3.13. The van der Waals surface area contributed by atoms with E-state index in [1.807, 2.05) is 31.4 Å². The van der Waals surface area contributed by atoms with Crippen LogP contribution in [0.15, 0.2) is 52.5 Å². The number of hydrogen-bond acceptors (Lipinski definition) is 6. The van der Waals surface area contributed by atoms with Gasteiger partial charge in [0, 0.05) is 12.6 Å². The highest BCUT2D eigenvalue weighted by Gasteiger charge is 2.12. The number of nitrogens with zero attached hydrogens (tertiary/aromatic N) is 1. The van der Waals surface area contributed by atoms with Crippen molar-refractivity contribution in [3.63, 3.8) is 0 Å². The molecule has 0 spiro atoms. The molecular weight excluding hydrogens is 378 g/mol. The van der Waals surface area contributed by atoms with Crippen LogP contribution in [0.2, 0.25) is 0 Å². The number of urea groups is 1. The maximum absolute atomic E-state index is 12.2. The highest BCUT2D eigenvalue weighted by atomic mass is 32.1. The Morgan fingerprint density at radius 1 is 1.21 bits per heavy atom. The molecule has 0 aliphatic carbocycles. The number of rotatable bonds is 7. The van der Waals surface area contributed by atoms with E-state index in [1.54, 1.807) is 24.3 Å². The number of aromatic nitrogens is 1. The number of ether oxygens (including phenoxy) is 1. The highest BCUT2D eigenvalue weighted by molar-refractivity contribution is 7.13. The Morgan fingerprint density at radius 3 is 2.68 bits per heavy atom. The quantitative estimate of drug-likeness (QED) is 0.587. The van der Waals surface area contributed by atoms with Crippen molar-refractivity contribution >= 4 is 23.3 Å². The van der Waals surface area contributed by atoms with E-state index in [0.29, 0.717) is 23.7 Å². The van der Waals surface area contributed by atoms with Gasteiger partial charge in [-0.3, -0.25) is 0 Å². The number of benzene rings is 1. The molecule has 0 bridgehead atoms. The third kappa shape index (κ3) is 5.43. The average Bonchev–Trinajstić information content (AvgIpc) is 3.36. The standard InChI is InChI=1S/C20H21N3O4S/c1-13(2)22-20(25)21-10-14-5-7-15(8-6-14)19(24)27-12-16-11-26-18(23-16)17-4-3-9-28-17/h3-9,11,13H,10,12H2,1-2H3,(H2,21,22,25). The zero-order valence-electron chi connectivity index (χ0n) is 15.6. The molecule has 0 radical (unpaired) electrons. The lowest BCUT2D eigenvalue weighted by Gasteiger charge is -2.10. The van der Waals surface area contributed by atoms with Gasteiger partial charge in [0.2, 0.25) is 5.89 Å². The third-order valence-corrected chi connectivity index (χ3v) is 4.56. The van der Waals surface area contributed by atoms with E-state index in [1.165, 1.54) is 17.6 Å². The van der Waals surface area contributed by atoms with E-state index in [2.05, 4.69) is 15.6 Å². The summed E-state index contributed by atoms with van der Waals surface area (Å²) in [5, 5.41) is 7.44. The van der Waals surface area contributed by atoms with E-state index in [9.17, 15) is 9.59 Å². The van der Waals surface area contributed by atoms with E-state index < -0.39 is 5.97 Å². The van der Waals surface area contributed by atoms with Gasteiger partial charge in [0.1, 0.15) is 18.6 Å². The third-order valence-electron chi connectivity index (χ3n) is 3.70. The molecule has 8 heteroatoms. The van der Waals surface area contributed by atoms with Crippen molar-refractivity contribution in [3.8, 4) is 10.8 Å². The zero-order chi connectivity index (χ0) is 19.9. The van der Waals surface area contributed by atoms with Crippen LogP contribution in [0.25, 0.3) is 10.8 Å². The van der Waals surface area contributed by atoms with E-state index in [0.717, 1.165) is 10.4 Å². The molecule has 2 N–H and O–H groups in total. The molecule has 7 nitrogen and oxygen atoms in total. The molecule has 0 aliphatic heterocycles. The van der Waals surface area contributed by atoms with Crippen LogP contribution >= 0.6 is 11.3 Å². The van der Waals surface area contributed by atoms with Crippen molar-refractivity contribution in [1.29, 1.82) is 0 Å². The van der Waals surface area contributed by atoms with Gasteiger partial charge in [-0.05, 0) is 43.0 Å². The molecule has 2 amide bonds. The van der Waals surface area contributed by atoms with Crippen molar-refractivity contribution in [2.45, 2.75) is 33.0 Å². The molecule has 0 atom stereocenters. The van der Waals surface area contributed by atoms with Gasteiger partial charge >= 0.3 is 12.0 Å². The fourth-order valence-corrected chi connectivity index (χ4v) is 3.02. The van der Waals surface area contributed by atoms with Crippen LogP contribution in [0.5, 0.6) is 0 Å². The summed E-state index contributed by atoms with van der Waals surface area (Å²) in [5.74, 6) is 0.0668. The Labute approximate surface area is 166 Å². The topological polar surface area (TPSA) is 93.5 Å². The van der Waals surface area contributed by atoms with Gasteiger partial charge in [0.05, 0.1) is 10.4 Å². The SMILES string of the molecule is CC(C)NC(=O)NCc1ccc(C(=O)OCc2coc(-c3cccs3)n2)cc1. The second-order valence-corrected chi connectivity index (χ2v) is 7.32. The largest absolute Gasteiger partial charge is 0.455 e. The lowest BCUT2D eigenvalue weighted by atomic mass is 10.1. The maximum atomic E-state index is 12.2. The van der Waals surface area contributed by atoms with Crippen LogP contribution in [0.1, 0.15) is 35.5 Å². The second kappa shape index (κ2) is 9.18. The summed E-state index contributed by atoms with van der Waals surface area (Å²) in [7, 11) is 0. The first kappa shape index (κ1) is 19.6. The molecule has 146 valence electrons. The zero-order valence-corrected chi connectivity index (χ0v) is 16.4. The molecule has 3 rings (SSSR count). The fraction of sp³-hybridized carbons (Fsp3) is 0.250. The number of carbonyl (C=O) groups excluding carboxylic acids is 2. The summed E-state index contributed by atoms with van der Waals surface area (Å²) < 4.78 is 10.7. The first-order valence-corrected chi connectivity index (χ1v) is 9.68. The van der Waals surface area contributed by atoms with Crippen molar-refractivity contribution in [3.05, 3.63) is 64.9 Å². The first-order chi connectivity index (χ1) is 13.5. The van der Waals surface area contributed by atoms with Crippen molar-refractivity contribution in [2.24, 2.45) is 0 Å². The van der Waals surface area contributed by atoms with Gasteiger partial charge in [0.25, 0.3) is 0 Å². The summed E-state index contributed by atoms with van der Waals surface area (Å²) in [5.41, 5.74) is 1.86. The molecule has 2 heterocycles. The average molecular weight is 399 g/mol. The number of esters is 1. The summed E-state index contributed by atoms with van der Waals surface area (Å²) in [6, 6.07) is 10.6. The number of oxazole rings is 1. The summed E-state index contributed by atoms with van der Waals surface area (Å²) >= 11 is 1.53. The van der Waals surface area contributed by atoms with Crippen molar-refractivity contribution < 1.29 is 18.7 Å². The van der Waals surface area contributed by atoms with E-state index >= 15 is 0 Å². The molecule has 1 aromatic carbocycles.